The summed E-state index contributed by atoms with van der Waals surface area (Å²) in [7, 11) is 0. The van der Waals surface area contributed by atoms with Crippen molar-refractivity contribution in [1.82, 2.24) is 10.2 Å². The van der Waals surface area contributed by atoms with Crippen molar-refractivity contribution in [3.63, 3.8) is 0 Å². The van der Waals surface area contributed by atoms with Crippen molar-refractivity contribution < 1.29 is 0 Å². The zero-order chi connectivity index (χ0) is 12.3. The first kappa shape index (κ1) is 14.1. The van der Waals surface area contributed by atoms with Crippen molar-refractivity contribution in [3.8, 4) is 0 Å². The second-order valence-corrected chi connectivity index (χ2v) is 4.57. The van der Waals surface area contributed by atoms with Gasteiger partial charge in [-0.05, 0) is 32.1 Å². The van der Waals surface area contributed by atoms with Crippen LogP contribution in [-0.2, 0) is 0 Å². The fraction of sp³-hybridized carbons (Fsp3) is 0.714. The van der Waals surface area contributed by atoms with E-state index in [1.54, 1.807) is 0 Å². The van der Waals surface area contributed by atoms with E-state index < -0.39 is 0 Å². The van der Waals surface area contributed by atoms with E-state index in [2.05, 4.69) is 35.5 Å². The van der Waals surface area contributed by atoms with Crippen LogP contribution in [-0.4, -0.2) is 24.2 Å². The van der Waals surface area contributed by atoms with Gasteiger partial charge in [0.1, 0.15) is 0 Å². The molecule has 98 valence electrons. The van der Waals surface area contributed by atoms with E-state index in [1.807, 2.05) is 6.20 Å². The lowest BCUT2D eigenvalue weighted by Gasteiger charge is -2.24. The number of unbranched alkanes of at least 4 members (excludes halogenated alkanes) is 3. The van der Waals surface area contributed by atoms with E-state index in [0.29, 0.717) is 6.17 Å². The third-order valence-electron chi connectivity index (χ3n) is 3.06. The van der Waals surface area contributed by atoms with Crippen LogP contribution in [0.15, 0.2) is 24.6 Å². The minimum Gasteiger partial charge on any atom is -0.370 e. The number of hydrogen-bond donors (Lipinski definition) is 2. The highest BCUT2D eigenvalue weighted by atomic mass is 15.3. The summed E-state index contributed by atoms with van der Waals surface area (Å²) in [5, 5.41) is 3.37. The van der Waals surface area contributed by atoms with Crippen LogP contribution >= 0.6 is 0 Å². The highest BCUT2D eigenvalue weighted by Gasteiger charge is 2.16. The molecule has 17 heavy (non-hydrogen) atoms. The third kappa shape index (κ3) is 5.78. The van der Waals surface area contributed by atoms with Gasteiger partial charge in [0.15, 0.2) is 0 Å². The highest BCUT2D eigenvalue weighted by molar-refractivity contribution is 4.94. The Morgan fingerprint density at radius 2 is 2.12 bits per heavy atom. The quantitative estimate of drug-likeness (QED) is 0.478. The van der Waals surface area contributed by atoms with Gasteiger partial charge in [-0.1, -0.05) is 25.5 Å². The third-order valence-corrected chi connectivity index (χ3v) is 3.06. The smallest absolute Gasteiger partial charge is 0.0981 e. The molecule has 0 bridgehead atoms. The molecule has 0 saturated carbocycles. The first-order valence-corrected chi connectivity index (χ1v) is 6.92. The Hall–Kier alpha value is -0.960. The largest absolute Gasteiger partial charge is 0.370 e. The molecule has 0 saturated heterocycles. The second-order valence-electron chi connectivity index (χ2n) is 4.57. The molecule has 0 spiro atoms. The Morgan fingerprint density at radius 1 is 1.29 bits per heavy atom. The van der Waals surface area contributed by atoms with E-state index >= 15 is 0 Å². The van der Waals surface area contributed by atoms with E-state index in [1.165, 1.54) is 38.5 Å². The van der Waals surface area contributed by atoms with E-state index in [9.17, 15) is 0 Å². The molecule has 0 aliphatic carbocycles. The molecule has 0 radical (unpaired) electrons. The molecule has 0 aromatic carbocycles. The molecular weight excluding hydrogens is 210 g/mol. The Kier molecular flexibility index (Phi) is 7.56. The van der Waals surface area contributed by atoms with Crippen LogP contribution < -0.4 is 11.1 Å². The van der Waals surface area contributed by atoms with Crippen molar-refractivity contribution in [1.29, 1.82) is 0 Å². The van der Waals surface area contributed by atoms with Gasteiger partial charge in [0.05, 0.1) is 6.17 Å². The Bertz CT molecular complexity index is 236. The summed E-state index contributed by atoms with van der Waals surface area (Å²) in [4.78, 5) is 2.30. The number of nitrogens with two attached hydrogens (primary N) is 1. The number of allylic oxidation sites excluding steroid dienone is 2. The summed E-state index contributed by atoms with van der Waals surface area (Å²) in [6, 6.07) is 0. The maximum Gasteiger partial charge on any atom is 0.0981 e. The molecule has 1 atom stereocenters. The van der Waals surface area contributed by atoms with Crippen molar-refractivity contribution in [2.45, 2.75) is 51.6 Å². The van der Waals surface area contributed by atoms with Crippen molar-refractivity contribution >= 4 is 0 Å². The second kappa shape index (κ2) is 9.11. The fourth-order valence-corrected chi connectivity index (χ4v) is 2.08. The van der Waals surface area contributed by atoms with Crippen LogP contribution in [0.3, 0.4) is 0 Å². The minimum absolute atomic E-state index is 0.471. The number of rotatable bonds is 9. The summed E-state index contributed by atoms with van der Waals surface area (Å²) in [6.45, 7) is 3.89. The summed E-state index contributed by atoms with van der Waals surface area (Å²) in [5.41, 5.74) is 5.58. The molecular formula is C14H27N3. The van der Waals surface area contributed by atoms with Gasteiger partial charge in [0.2, 0.25) is 0 Å². The van der Waals surface area contributed by atoms with Gasteiger partial charge < -0.3 is 16.0 Å². The first-order valence-electron chi connectivity index (χ1n) is 6.92. The lowest BCUT2D eigenvalue weighted by molar-refractivity contribution is 0.265. The SMILES string of the molecule is CCC/C=C/CCCCC1NC=CN1CCN. The molecule has 1 aliphatic heterocycles. The Labute approximate surface area is 106 Å². The molecule has 0 amide bonds. The molecule has 1 unspecified atom stereocenters. The molecule has 3 heteroatoms. The average Bonchev–Trinajstić information content (AvgIpc) is 2.76. The van der Waals surface area contributed by atoms with Gasteiger partial charge in [0, 0.05) is 25.5 Å². The topological polar surface area (TPSA) is 41.3 Å². The molecule has 0 aromatic rings. The maximum absolute atomic E-state index is 5.58. The minimum atomic E-state index is 0.471. The van der Waals surface area contributed by atoms with Crippen LogP contribution in [0.2, 0.25) is 0 Å². The van der Waals surface area contributed by atoms with Crippen molar-refractivity contribution in [3.05, 3.63) is 24.6 Å². The van der Waals surface area contributed by atoms with Gasteiger partial charge in [0.25, 0.3) is 0 Å². The van der Waals surface area contributed by atoms with Crippen LogP contribution in [0, 0.1) is 0 Å². The Morgan fingerprint density at radius 3 is 2.88 bits per heavy atom. The molecule has 0 aromatic heterocycles. The standard InChI is InChI=1S/C14H27N3/c1-2-3-4-5-6-7-8-9-14-16-11-13-17(14)12-10-15/h4-5,11,13-14,16H,2-3,6-10,12,15H2,1H3/b5-4+. The van der Waals surface area contributed by atoms with Gasteiger partial charge >= 0.3 is 0 Å². The average molecular weight is 237 g/mol. The summed E-state index contributed by atoms with van der Waals surface area (Å²) >= 11 is 0. The fourth-order valence-electron chi connectivity index (χ4n) is 2.08. The van der Waals surface area contributed by atoms with Crippen LogP contribution in [0.25, 0.3) is 0 Å². The molecule has 1 rings (SSSR count). The van der Waals surface area contributed by atoms with Crippen molar-refractivity contribution in [2.75, 3.05) is 13.1 Å². The molecule has 3 N–H and O–H groups in total. The Balaban J connectivity index is 2.02. The van der Waals surface area contributed by atoms with E-state index in [4.69, 9.17) is 5.73 Å². The summed E-state index contributed by atoms with van der Waals surface area (Å²) in [6.07, 6.45) is 16.7. The van der Waals surface area contributed by atoms with Crippen LogP contribution in [0.4, 0.5) is 0 Å². The molecule has 1 heterocycles. The van der Waals surface area contributed by atoms with Gasteiger partial charge in [-0.25, -0.2) is 0 Å². The molecule has 3 nitrogen and oxygen atoms in total. The number of nitrogens with zero attached hydrogens (tertiary/aromatic N) is 1. The first-order chi connectivity index (χ1) is 8.38. The van der Waals surface area contributed by atoms with Crippen molar-refractivity contribution in [2.24, 2.45) is 5.73 Å². The maximum atomic E-state index is 5.58. The van der Waals surface area contributed by atoms with E-state index in [0.717, 1.165) is 13.1 Å². The number of nitrogens with one attached hydrogen (secondary N) is 1. The molecule has 0 fully saturated rings. The predicted molar refractivity (Wildman–Crippen MR) is 74.3 cm³/mol. The van der Waals surface area contributed by atoms with E-state index in [-0.39, 0.29) is 0 Å². The number of hydrogen-bond acceptors (Lipinski definition) is 3. The summed E-state index contributed by atoms with van der Waals surface area (Å²) < 4.78 is 0. The van der Waals surface area contributed by atoms with Gasteiger partial charge in [-0.15, -0.1) is 0 Å². The van der Waals surface area contributed by atoms with Gasteiger partial charge in [-0.2, -0.15) is 0 Å². The lowest BCUT2D eigenvalue weighted by atomic mass is 10.1. The zero-order valence-corrected chi connectivity index (χ0v) is 11.1. The highest BCUT2D eigenvalue weighted by Crippen LogP contribution is 2.12. The monoisotopic (exact) mass is 237 g/mol. The van der Waals surface area contributed by atoms with Crippen LogP contribution in [0.5, 0.6) is 0 Å². The van der Waals surface area contributed by atoms with Crippen LogP contribution in [0.1, 0.15) is 45.4 Å². The normalized spacial score (nSPS) is 19.2. The van der Waals surface area contributed by atoms with Gasteiger partial charge in [-0.3, -0.25) is 0 Å². The lowest BCUT2D eigenvalue weighted by Crippen LogP contribution is -2.37. The predicted octanol–water partition coefficient (Wildman–Crippen LogP) is 2.56. The molecule has 1 aliphatic rings. The zero-order valence-electron chi connectivity index (χ0n) is 11.1. The summed E-state index contributed by atoms with van der Waals surface area (Å²) in [5.74, 6) is 0.